The summed E-state index contributed by atoms with van der Waals surface area (Å²) in [4.78, 5) is 10.7. The van der Waals surface area contributed by atoms with Crippen molar-refractivity contribution >= 4 is 0 Å². The first-order valence-corrected chi connectivity index (χ1v) is 8.08. The average molecular weight is 342 g/mol. The minimum atomic E-state index is -0.470. The van der Waals surface area contributed by atoms with Crippen LogP contribution in [0.5, 0.6) is 0 Å². The number of hydrogen-bond acceptors (Lipinski definition) is 8. The molecule has 0 saturated carbocycles. The highest BCUT2D eigenvalue weighted by Gasteiger charge is 2.36. The first kappa shape index (κ1) is 15.9. The van der Waals surface area contributed by atoms with Crippen molar-refractivity contribution in [2.24, 2.45) is 0 Å². The molecule has 1 fully saturated rings. The first-order valence-electron chi connectivity index (χ1n) is 8.08. The Balaban J connectivity index is 1.54. The van der Waals surface area contributed by atoms with Gasteiger partial charge in [0.15, 0.2) is 0 Å². The van der Waals surface area contributed by atoms with Crippen LogP contribution in [0.25, 0.3) is 11.5 Å². The van der Waals surface area contributed by atoms with E-state index in [1.54, 1.807) is 12.3 Å². The molecule has 8 heteroatoms. The maximum Gasteiger partial charge on any atom is 0.244 e. The molecule has 0 aromatic carbocycles. The highest BCUT2D eigenvalue weighted by atomic mass is 16.5. The lowest BCUT2D eigenvalue weighted by atomic mass is 10.2. The highest BCUT2D eigenvalue weighted by Crippen LogP contribution is 2.33. The van der Waals surface area contributed by atoms with Gasteiger partial charge in [-0.25, -0.2) is 0 Å². The van der Waals surface area contributed by atoms with Gasteiger partial charge in [0.1, 0.15) is 23.8 Å². The van der Waals surface area contributed by atoms with E-state index < -0.39 is 6.10 Å². The van der Waals surface area contributed by atoms with Crippen LogP contribution in [0, 0.1) is 0 Å². The Hall–Kier alpha value is -2.55. The largest absolute Gasteiger partial charge is 0.462 e. The Morgan fingerprint density at radius 1 is 1.20 bits per heavy atom. The molecule has 3 aromatic heterocycles. The van der Waals surface area contributed by atoms with Gasteiger partial charge in [0.2, 0.25) is 11.7 Å². The van der Waals surface area contributed by atoms with Crippen molar-refractivity contribution in [3.8, 4) is 11.5 Å². The monoisotopic (exact) mass is 342 g/mol. The molecule has 4 rings (SSSR count). The van der Waals surface area contributed by atoms with Gasteiger partial charge in [-0.1, -0.05) is 11.2 Å². The number of furan rings is 1. The normalized spacial score (nSPS) is 21.0. The lowest BCUT2D eigenvalue weighted by Crippen LogP contribution is -2.24. The summed E-state index contributed by atoms with van der Waals surface area (Å²) in [5, 5.41) is 23.2. The zero-order valence-corrected chi connectivity index (χ0v) is 13.4. The third kappa shape index (κ3) is 3.32. The molecule has 130 valence electrons. The topological polar surface area (TPSA) is 109 Å². The van der Waals surface area contributed by atoms with Crippen LogP contribution < -0.4 is 0 Å². The van der Waals surface area contributed by atoms with E-state index in [-0.39, 0.29) is 12.6 Å². The number of nitrogens with zero attached hydrogens (tertiary/aromatic N) is 4. The summed E-state index contributed by atoms with van der Waals surface area (Å²) in [5.41, 5.74) is 0.640. The zero-order chi connectivity index (χ0) is 17.2. The lowest BCUT2D eigenvalue weighted by Gasteiger charge is -2.19. The maximum absolute atomic E-state index is 10.1. The fourth-order valence-corrected chi connectivity index (χ4v) is 3.07. The van der Waals surface area contributed by atoms with Gasteiger partial charge in [-0.2, -0.15) is 4.98 Å². The summed E-state index contributed by atoms with van der Waals surface area (Å²) in [6, 6.07) is 8.87. The van der Waals surface area contributed by atoms with Gasteiger partial charge in [-0.3, -0.25) is 9.88 Å². The average Bonchev–Trinajstić information content (AvgIpc) is 3.36. The van der Waals surface area contributed by atoms with Gasteiger partial charge >= 0.3 is 0 Å². The van der Waals surface area contributed by atoms with Crippen LogP contribution >= 0.6 is 0 Å². The third-order valence-corrected chi connectivity index (χ3v) is 4.23. The molecule has 1 aliphatic heterocycles. The lowest BCUT2D eigenvalue weighted by molar-refractivity contribution is 0.160. The number of rotatable bonds is 5. The van der Waals surface area contributed by atoms with Crippen LogP contribution in [0.15, 0.2) is 45.5 Å². The first-order chi connectivity index (χ1) is 12.2. The molecule has 0 unspecified atom stereocenters. The van der Waals surface area contributed by atoms with Gasteiger partial charge in [0.05, 0.1) is 18.7 Å². The second kappa shape index (κ2) is 6.75. The standard InChI is InChI=1S/C17H18N4O4/c22-10-13-5-4-12(24-13)9-21-8-11(23)7-15(21)17-19-16(20-25-17)14-3-1-2-6-18-14/h1-6,11,15,22-23H,7-10H2/t11-,15+/m1/s1. The number of β-amino-alcohol motifs (C(OH)–C–C–N with tert-alkyl or cyclic N) is 1. The Kier molecular flexibility index (Phi) is 4.31. The molecule has 0 spiro atoms. The highest BCUT2D eigenvalue weighted by molar-refractivity contribution is 5.47. The van der Waals surface area contributed by atoms with Crippen LogP contribution in [-0.4, -0.2) is 42.9 Å². The molecule has 25 heavy (non-hydrogen) atoms. The van der Waals surface area contributed by atoms with Crippen molar-refractivity contribution in [3.05, 3.63) is 53.9 Å². The maximum atomic E-state index is 10.1. The molecule has 0 aliphatic carbocycles. The number of likely N-dealkylation sites (tertiary alicyclic amines) is 1. The molecule has 2 N–H and O–H groups in total. The van der Waals surface area contributed by atoms with Gasteiger partial charge in [-0.05, 0) is 30.7 Å². The molecular weight excluding hydrogens is 324 g/mol. The van der Waals surface area contributed by atoms with Gasteiger partial charge in [0.25, 0.3) is 0 Å². The van der Waals surface area contributed by atoms with Crippen molar-refractivity contribution in [2.45, 2.75) is 31.7 Å². The van der Waals surface area contributed by atoms with E-state index in [2.05, 4.69) is 15.1 Å². The minimum absolute atomic E-state index is 0.136. The number of hydrogen-bond donors (Lipinski definition) is 2. The smallest absolute Gasteiger partial charge is 0.244 e. The van der Waals surface area contributed by atoms with E-state index in [1.807, 2.05) is 29.2 Å². The molecular formula is C17H18N4O4. The SMILES string of the molecule is OCc1ccc(CN2C[C@H](O)C[C@H]2c2nc(-c3ccccn3)no2)o1. The van der Waals surface area contributed by atoms with Gasteiger partial charge in [0, 0.05) is 12.7 Å². The number of aromatic nitrogens is 3. The second-order valence-electron chi connectivity index (χ2n) is 6.03. The van der Waals surface area contributed by atoms with Crippen LogP contribution in [0.1, 0.15) is 29.9 Å². The summed E-state index contributed by atoms with van der Waals surface area (Å²) in [7, 11) is 0. The quantitative estimate of drug-likeness (QED) is 0.718. The molecule has 8 nitrogen and oxygen atoms in total. The predicted molar refractivity (Wildman–Crippen MR) is 85.9 cm³/mol. The van der Waals surface area contributed by atoms with Crippen LogP contribution in [0.2, 0.25) is 0 Å². The third-order valence-electron chi connectivity index (χ3n) is 4.23. The molecule has 0 radical (unpaired) electrons. The zero-order valence-electron chi connectivity index (χ0n) is 13.4. The molecule has 3 aromatic rings. The Morgan fingerprint density at radius 3 is 2.84 bits per heavy atom. The van der Waals surface area contributed by atoms with E-state index >= 15 is 0 Å². The molecule has 1 saturated heterocycles. The van der Waals surface area contributed by atoms with Gasteiger partial charge < -0.3 is 19.2 Å². The van der Waals surface area contributed by atoms with E-state index in [0.717, 1.165) is 0 Å². The number of aliphatic hydroxyl groups is 2. The molecule has 1 aliphatic rings. The minimum Gasteiger partial charge on any atom is -0.462 e. The van der Waals surface area contributed by atoms with Gasteiger partial charge in [-0.15, -0.1) is 0 Å². The molecule has 0 bridgehead atoms. The van der Waals surface area contributed by atoms with Crippen molar-refractivity contribution in [1.82, 2.24) is 20.0 Å². The Labute approximate surface area is 143 Å². The summed E-state index contributed by atoms with van der Waals surface area (Å²) in [6.45, 7) is 0.841. The molecule has 4 heterocycles. The number of aliphatic hydroxyl groups excluding tert-OH is 2. The van der Waals surface area contributed by atoms with Crippen molar-refractivity contribution in [2.75, 3.05) is 6.54 Å². The van der Waals surface area contributed by atoms with E-state index in [1.165, 1.54) is 0 Å². The van der Waals surface area contributed by atoms with E-state index in [4.69, 9.17) is 14.0 Å². The summed E-state index contributed by atoms with van der Waals surface area (Å²) < 4.78 is 11.0. The van der Waals surface area contributed by atoms with Crippen molar-refractivity contribution in [3.63, 3.8) is 0 Å². The fourth-order valence-electron chi connectivity index (χ4n) is 3.07. The summed E-state index contributed by atoms with van der Waals surface area (Å²) in [5.74, 6) is 2.11. The fraction of sp³-hybridized carbons (Fsp3) is 0.353. The molecule has 2 atom stereocenters. The number of pyridine rings is 1. The van der Waals surface area contributed by atoms with Crippen molar-refractivity contribution < 1.29 is 19.2 Å². The Bertz CT molecular complexity index is 832. The van der Waals surface area contributed by atoms with Crippen LogP contribution in [-0.2, 0) is 13.2 Å². The van der Waals surface area contributed by atoms with Crippen LogP contribution in [0.3, 0.4) is 0 Å². The van der Waals surface area contributed by atoms with E-state index in [0.29, 0.717) is 48.4 Å². The van der Waals surface area contributed by atoms with Crippen molar-refractivity contribution in [1.29, 1.82) is 0 Å². The van der Waals surface area contributed by atoms with Crippen LogP contribution in [0.4, 0.5) is 0 Å². The Morgan fingerprint density at radius 2 is 2.08 bits per heavy atom. The predicted octanol–water partition coefficient (Wildman–Crippen LogP) is 1.52. The summed E-state index contributed by atoms with van der Waals surface area (Å²) in [6.07, 6.45) is 1.71. The second-order valence-corrected chi connectivity index (χ2v) is 6.03. The summed E-state index contributed by atoms with van der Waals surface area (Å²) >= 11 is 0. The van der Waals surface area contributed by atoms with E-state index in [9.17, 15) is 5.11 Å². The molecule has 0 amide bonds.